The minimum Gasteiger partial charge on any atom is -0.323 e. The number of pyridine rings is 1. The standard InChI is InChI=1S/C21H19ClFN3O3S/c22-16-8-9-18(17(23)12-16)25-21(27)15-6-3-11-26(13-15)30(28,29)19-7-1-4-14-5-2-10-24-20(14)19/h1-2,4-5,7-10,12,15H,3,6,11,13H2,(H,25,27)/t15-/m1/s1. The molecule has 2 heterocycles. The molecule has 6 nitrogen and oxygen atoms in total. The largest absolute Gasteiger partial charge is 0.323 e. The highest BCUT2D eigenvalue weighted by Gasteiger charge is 2.34. The maximum absolute atomic E-state index is 14.0. The van der Waals surface area contributed by atoms with Crippen molar-refractivity contribution in [2.24, 2.45) is 5.92 Å². The lowest BCUT2D eigenvalue weighted by atomic mass is 9.98. The molecule has 0 saturated carbocycles. The van der Waals surface area contributed by atoms with Crippen molar-refractivity contribution in [1.82, 2.24) is 9.29 Å². The van der Waals surface area contributed by atoms with Gasteiger partial charge in [-0.15, -0.1) is 0 Å². The van der Waals surface area contributed by atoms with E-state index in [2.05, 4.69) is 10.3 Å². The summed E-state index contributed by atoms with van der Waals surface area (Å²) in [7, 11) is -3.84. The Morgan fingerprint density at radius 2 is 2.00 bits per heavy atom. The monoisotopic (exact) mass is 447 g/mol. The lowest BCUT2D eigenvalue weighted by Crippen LogP contribution is -2.43. The van der Waals surface area contributed by atoms with Crippen molar-refractivity contribution in [1.29, 1.82) is 0 Å². The van der Waals surface area contributed by atoms with Gasteiger partial charge in [0.25, 0.3) is 0 Å². The molecule has 1 atom stereocenters. The molecule has 0 aliphatic carbocycles. The number of nitrogens with one attached hydrogen (secondary N) is 1. The Hall–Kier alpha value is -2.55. The highest BCUT2D eigenvalue weighted by Crippen LogP contribution is 2.29. The summed E-state index contributed by atoms with van der Waals surface area (Å²) in [5, 5.41) is 3.49. The van der Waals surface area contributed by atoms with E-state index in [0.29, 0.717) is 24.9 Å². The van der Waals surface area contributed by atoms with E-state index in [0.717, 1.165) is 11.5 Å². The highest BCUT2D eigenvalue weighted by atomic mass is 35.5. The number of amides is 1. The third kappa shape index (κ3) is 4.03. The molecule has 1 fully saturated rings. The predicted molar refractivity (Wildman–Crippen MR) is 113 cm³/mol. The molecule has 3 aromatic rings. The van der Waals surface area contributed by atoms with Gasteiger partial charge in [0, 0.05) is 29.7 Å². The Kier molecular flexibility index (Phi) is 5.73. The lowest BCUT2D eigenvalue weighted by molar-refractivity contribution is -0.120. The van der Waals surface area contributed by atoms with Gasteiger partial charge in [-0.05, 0) is 43.2 Å². The normalized spacial score (nSPS) is 17.7. The van der Waals surface area contributed by atoms with E-state index >= 15 is 0 Å². The van der Waals surface area contributed by atoms with Crippen LogP contribution < -0.4 is 5.32 Å². The van der Waals surface area contributed by atoms with Crippen molar-refractivity contribution in [2.75, 3.05) is 18.4 Å². The molecule has 0 unspecified atom stereocenters. The van der Waals surface area contributed by atoms with Crippen LogP contribution in [0.2, 0.25) is 5.02 Å². The minimum absolute atomic E-state index is 0.0163. The van der Waals surface area contributed by atoms with Gasteiger partial charge in [0.05, 0.1) is 17.1 Å². The molecule has 0 bridgehead atoms. The van der Waals surface area contributed by atoms with Crippen LogP contribution in [-0.2, 0) is 14.8 Å². The van der Waals surface area contributed by atoms with Crippen molar-refractivity contribution in [3.63, 3.8) is 0 Å². The van der Waals surface area contributed by atoms with Crippen molar-refractivity contribution in [3.05, 3.63) is 65.6 Å². The first-order valence-electron chi connectivity index (χ1n) is 9.46. The van der Waals surface area contributed by atoms with Gasteiger partial charge in [-0.2, -0.15) is 4.31 Å². The number of halogens is 2. The minimum atomic E-state index is -3.84. The smallest absolute Gasteiger partial charge is 0.245 e. The molecule has 156 valence electrons. The maximum Gasteiger partial charge on any atom is 0.245 e. The number of hydrogen-bond donors (Lipinski definition) is 1. The predicted octanol–water partition coefficient (Wildman–Crippen LogP) is 4.07. The number of hydrogen-bond acceptors (Lipinski definition) is 4. The second-order valence-electron chi connectivity index (χ2n) is 7.15. The van der Waals surface area contributed by atoms with Crippen LogP contribution >= 0.6 is 11.6 Å². The van der Waals surface area contributed by atoms with E-state index in [1.54, 1.807) is 30.5 Å². The van der Waals surface area contributed by atoms with Gasteiger partial charge < -0.3 is 5.32 Å². The van der Waals surface area contributed by atoms with E-state index in [4.69, 9.17) is 11.6 Å². The molecule has 1 aromatic heterocycles. The molecule has 0 radical (unpaired) electrons. The second-order valence-corrected chi connectivity index (χ2v) is 9.49. The molecule has 1 saturated heterocycles. The number of piperidine rings is 1. The molecule has 2 aromatic carbocycles. The Morgan fingerprint density at radius 1 is 1.20 bits per heavy atom. The summed E-state index contributed by atoms with van der Waals surface area (Å²) < 4.78 is 41.9. The van der Waals surface area contributed by atoms with Gasteiger partial charge in [-0.1, -0.05) is 29.8 Å². The Morgan fingerprint density at radius 3 is 2.80 bits per heavy atom. The zero-order valence-electron chi connectivity index (χ0n) is 15.9. The number of rotatable bonds is 4. The van der Waals surface area contributed by atoms with E-state index in [-0.39, 0.29) is 22.2 Å². The Balaban J connectivity index is 1.56. The Labute approximate surface area is 178 Å². The van der Waals surface area contributed by atoms with Crippen LogP contribution in [-0.4, -0.2) is 36.7 Å². The zero-order valence-corrected chi connectivity index (χ0v) is 17.5. The summed E-state index contributed by atoms with van der Waals surface area (Å²) in [6, 6.07) is 12.5. The molecular weight excluding hydrogens is 429 g/mol. The number of fused-ring (bicyclic) bond motifs is 1. The molecule has 4 rings (SSSR count). The number of para-hydroxylation sites is 1. The van der Waals surface area contributed by atoms with E-state index < -0.39 is 27.7 Å². The van der Waals surface area contributed by atoms with Gasteiger partial charge in [-0.3, -0.25) is 9.78 Å². The van der Waals surface area contributed by atoms with E-state index in [1.165, 1.54) is 22.5 Å². The van der Waals surface area contributed by atoms with Crippen LogP contribution in [0.1, 0.15) is 12.8 Å². The van der Waals surface area contributed by atoms with Gasteiger partial charge in [-0.25, -0.2) is 12.8 Å². The first-order valence-corrected chi connectivity index (χ1v) is 11.3. The summed E-state index contributed by atoms with van der Waals surface area (Å²) >= 11 is 5.74. The molecule has 9 heteroatoms. The highest BCUT2D eigenvalue weighted by molar-refractivity contribution is 7.89. The van der Waals surface area contributed by atoms with Crippen LogP contribution in [0, 0.1) is 11.7 Å². The quantitative estimate of drug-likeness (QED) is 0.654. The fraction of sp³-hybridized carbons (Fsp3) is 0.238. The van der Waals surface area contributed by atoms with Crippen LogP contribution in [0.4, 0.5) is 10.1 Å². The summed E-state index contributed by atoms with van der Waals surface area (Å²) in [5.74, 6) is -1.66. The van der Waals surface area contributed by atoms with Gasteiger partial charge in [0.1, 0.15) is 10.7 Å². The summed E-state index contributed by atoms with van der Waals surface area (Å²) in [6.45, 7) is 0.331. The SMILES string of the molecule is O=C(Nc1ccc(Cl)cc1F)[C@@H]1CCCN(S(=O)(=O)c2cccc3cccnc23)C1. The molecule has 1 aliphatic rings. The van der Waals surface area contributed by atoms with Crippen LogP contribution in [0.15, 0.2) is 59.6 Å². The van der Waals surface area contributed by atoms with Crippen molar-refractivity contribution >= 4 is 44.1 Å². The zero-order chi connectivity index (χ0) is 21.3. The molecular formula is C21H19ClFN3O3S. The average Bonchev–Trinajstić information content (AvgIpc) is 2.75. The first kappa shape index (κ1) is 20.7. The van der Waals surface area contributed by atoms with Gasteiger partial charge in [0.2, 0.25) is 15.9 Å². The third-order valence-corrected chi connectivity index (χ3v) is 7.29. The van der Waals surface area contributed by atoms with Crippen LogP contribution in [0.5, 0.6) is 0 Å². The first-order chi connectivity index (χ1) is 14.4. The number of aromatic nitrogens is 1. The summed E-state index contributed by atoms with van der Waals surface area (Å²) in [4.78, 5) is 17.0. The number of carbonyl (C=O) groups is 1. The number of anilines is 1. The van der Waals surface area contributed by atoms with E-state index in [9.17, 15) is 17.6 Å². The Bertz CT molecular complexity index is 1210. The maximum atomic E-state index is 14.0. The van der Waals surface area contributed by atoms with Crippen LogP contribution in [0.3, 0.4) is 0 Å². The second kappa shape index (κ2) is 8.29. The lowest BCUT2D eigenvalue weighted by Gasteiger charge is -2.31. The number of sulfonamides is 1. The fourth-order valence-electron chi connectivity index (χ4n) is 3.62. The van der Waals surface area contributed by atoms with Crippen molar-refractivity contribution in [2.45, 2.75) is 17.7 Å². The number of benzene rings is 2. The molecule has 1 aliphatic heterocycles. The molecule has 1 amide bonds. The van der Waals surface area contributed by atoms with Crippen molar-refractivity contribution < 1.29 is 17.6 Å². The molecule has 1 N–H and O–H groups in total. The molecule has 30 heavy (non-hydrogen) atoms. The van der Waals surface area contributed by atoms with E-state index in [1.807, 2.05) is 0 Å². The molecule has 0 spiro atoms. The fourth-order valence-corrected chi connectivity index (χ4v) is 5.47. The number of nitrogens with zero attached hydrogens (tertiary/aromatic N) is 2. The van der Waals surface area contributed by atoms with Crippen molar-refractivity contribution in [3.8, 4) is 0 Å². The summed E-state index contributed by atoms with van der Waals surface area (Å²) in [6.07, 6.45) is 2.59. The number of carbonyl (C=O) groups excluding carboxylic acids is 1. The topological polar surface area (TPSA) is 79.4 Å². The van der Waals surface area contributed by atoms with Gasteiger partial charge >= 0.3 is 0 Å². The third-order valence-electron chi connectivity index (χ3n) is 5.16. The summed E-state index contributed by atoms with van der Waals surface area (Å²) in [5.41, 5.74) is 0.414. The average molecular weight is 448 g/mol. The van der Waals surface area contributed by atoms with Gasteiger partial charge in [0.15, 0.2) is 0 Å². The van der Waals surface area contributed by atoms with Crippen LogP contribution in [0.25, 0.3) is 10.9 Å².